The van der Waals surface area contributed by atoms with Gasteiger partial charge in [-0.2, -0.15) is 0 Å². The van der Waals surface area contributed by atoms with E-state index in [0.717, 1.165) is 43.8 Å². The minimum Gasteiger partial charge on any atom is -0.493 e. The van der Waals surface area contributed by atoms with Gasteiger partial charge in [-0.15, -0.1) is 12.4 Å². The Kier molecular flexibility index (Phi) is 8.73. The molecule has 5 rings (SSSR count). The minimum atomic E-state index is -0.331. The molecule has 0 unspecified atom stereocenters. The van der Waals surface area contributed by atoms with Crippen LogP contribution in [0.15, 0.2) is 59.0 Å². The van der Waals surface area contributed by atoms with E-state index >= 15 is 0 Å². The molecule has 200 valence electrons. The zero-order chi connectivity index (χ0) is 25.8. The normalized spacial score (nSPS) is 13.6. The summed E-state index contributed by atoms with van der Waals surface area (Å²) in [6.07, 6.45) is 0. The molecule has 2 N–H and O–H groups in total. The molecular weight excluding hydrogens is 508 g/mol. The summed E-state index contributed by atoms with van der Waals surface area (Å²) in [7, 11) is 4.54. The molecule has 1 saturated heterocycles. The number of hydrogen-bond donors (Lipinski definition) is 2. The monoisotopic (exact) mass is 538 g/mol. The van der Waals surface area contributed by atoms with Crippen molar-refractivity contribution in [3.05, 3.63) is 65.7 Å². The number of oxazole rings is 1. The second kappa shape index (κ2) is 12.2. The maximum atomic E-state index is 13.3. The largest absolute Gasteiger partial charge is 0.493 e. The summed E-state index contributed by atoms with van der Waals surface area (Å²) in [4.78, 5) is 20.5. The van der Waals surface area contributed by atoms with Crippen LogP contribution in [0.25, 0.3) is 22.6 Å². The number of rotatable bonds is 8. The number of para-hydroxylation sites is 2. The molecule has 1 aliphatic heterocycles. The second-order valence-electron chi connectivity index (χ2n) is 8.72. The molecule has 2 heterocycles. The lowest BCUT2D eigenvalue weighted by molar-refractivity contribution is 0.102. The van der Waals surface area contributed by atoms with E-state index in [-0.39, 0.29) is 18.3 Å². The number of nitrogens with one attached hydrogen (secondary N) is 2. The van der Waals surface area contributed by atoms with Gasteiger partial charge < -0.3 is 29.3 Å². The van der Waals surface area contributed by atoms with Crippen LogP contribution in [0.3, 0.4) is 0 Å². The topological polar surface area (TPSA) is 98.1 Å². The van der Waals surface area contributed by atoms with Gasteiger partial charge in [-0.3, -0.25) is 9.69 Å². The van der Waals surface area contributed by atoms with Gasteiger partial charge in [-0.25, -0.2) is 4.98 Å². The van der Waals surface area contributed by atoms with E-state index in [1.165, 1.54) is 21.3 Å². The van der Waals surface area contributed by atoms with Gasteiger partial charge in [-0.05, 0) is 35.9 Å². The standard InChI is InChI=1S/C28H30N4O5.ClH/c1-34-23-15-19(16-24(35-2)26(23)36-3)27(33)30-21-9-5-4-8-20(21)28-31-25-18(7-6-10-22(25)37-28)17-32-13-11-29-12-14-32;/h4-10,15-16,29H,11-14,17H2,1-3H3,(H,30,33);1H. The molecule has 0 saturated carbocycles. The van der Waals surface area contributed by atoms with Gasteiger partial charge in [0.05, 0.1) is 32.6 Å². The molecule has 10 heteroatoms. The summed E-state index contributed by atoms with van der Waals surface area (Å²) in [6.45, 7) is 4.77. The SMILES string of the molecule is COc1cc(C(=O)Nc2ccccc2-c2nc3c(CN4CCNCC4)cccc3o2)cc(OC)c1OC.Cl. The van der Waals surface area contributed by atoms with E-state index in [0.29, 0.717) is 45.5 Å². The quantitative estimate of drug-likeness (QED) is 0.336. The van der Waals surface area contributed by atoms with Crippen LogP contribution in [0.2, 0.25) is 0 Å². The number of amides is 1. The molecule has 9 nitrogen and oxygen atoms in total. The van der Waals surface area contributed by atoms with Crippen molar-refractivity contribution >= 4 is 35.1 Å². The molecule has 1 fully saturated rings. The zero-order valence-electron chi connectivity index (χ0n) is 21.6. The Morgan fingerprint density at radius 1 is 1.00 bits per heavy atom. The van der Waals surface area contributed by atoms with Crippen LogP contribution in [0, 0.1) is 0 Å². The first kappa shape index (κ1) is 27.3. The van der Waals surface area contributed by atoms with Crippen molar-refractivity contribution in [2.45, 2.75) is 6.54 Å². The first-order valence-corrected chi connectivity index (χ1v) is 12.1. The van der Waals surface area contributed by atoms with E-state index < -0.39 is 0 Å². The third-order valence-corrected chi connectivity index (χ3v) is 6.44. The lowest BCUT2D eigenvalue weighted by Gasteiger charge is -2.27. The number of methoxy groups -OCH3 is 3. The molecule has 1 aromatic heterocycles. The number of halogens is 1. The fourth-order valence-corrected chi connectivity index (χ4v) is 4.54. The van der Waals surface area contributed by atoms with Gasteiger partial charge in [0.15, 0.2) is 17.1 Å². The number of piperazine rings is 1. The molecule has 0 spiro atoms. The van der Waals surface area contributed by atoms with Crippen molar-refractivity contribution in [2.24, 2.45) is 0 Å². The molecule has 1 amide bonds. The number of aromatic nitrogens is 1. The van der Waals surface area contributed by atoms with Crippen LogP contribution in [-0.2, 0) is 6.54 Å². The number of hydrogen-bond acceptors (Lipinski definition) is 8. The van der Waals surface area contributed by atoms with Crippen LogP contribution < -0.4 is 24.8 Å². The molecule has 0 bridgehead atoms. The first-order valence-electron chi connectivity index (χ1n) is 12.1. The zero-order valence-corrected chi connectivity index (χ0v) is 22.4. The number of ether oxygens (including phenoxy) is 3. The summed E-state index contributed by atoms with van der Waals surface area (Å²) in [6, 6.07) is 16.7. The first-order chi connectivity index (χ1) is 18.1. The average molecular weight is 539 g/mol. The Morgan fingerprint density at radius 3 is 2.39 bits per heavy atom. The summed E-state index contributed by atoms with van der Waals surface area (Å²) < 4.78 is 22.3. The number of anilines is 1. The van der Waals surface area contributed by atoms with Crippen molar-refractivity contribution < 1.29 is 23.4 Å². The lowest BCUT2D eigenvalue weighted by Crippen LogP contribution is -2.42. The summed E-state index contributed by atoms with van der Waals surface area (Å²) in [5.41, 5.74) is 4.30. The number of fused-ring (bicyclic) bond motifs is 1. The fraction of sp³-hybridized carbons (Fsp3) is 0.286. The highest BCUT2D eigenvalue weighted by molar-refractivity contribution is 6.06. The van der Waals surface area contributed by atoms with Crippen LogP contribution in [0.1, 0.15) is 15.9 Å². The van der Waals surface area contributed by atoms with E-state index in [1.807, 2.05) is 36.4 Å². The van der Waals surface area contributed by atoms with Crippen LogP contribution in [0.5, 0.6) is 17.2 Å². The van der Waals surface area contributed by atoms with Crippen LogP contribution >= 0.6 is 12.4 Å². The summed E-state index contributed by atoms with van der Waals surface area (Å²) >= 11 is 0. The molecule has 3 aromatic carbocycles. The maximum Gasteiger partial charge on any atom is 0.255 e. The highest BCUT2D eigenvalue weighted by Crippen LogP contribution is 2.39. The molecule has 4 aromatic rings. The molecule has 38 heavy (non-hydrogen) atoms. The van der Waals surface area contributed by atoms with Gasteiger partial charge in [-0.1, -0.05) is 24.3 Å². The third kappa shape index (κ3) is 5.55. The lowest BCUT2D eigenvalue weighted by atomic mass is 10.1. The smallest absolute Gasteiger partial charge is 0.255 e. The average Bonchev–Trinajstić information content (AvgIpc) is 3.38. The van der Waals surface area contributed by atoms with Crippen molar-refractivity contribution in [1.29, 1.82) is 0 Å². The van der Waals surface area contributed by atoms with E-state index in [1.54, 1.807) is 12.1 Å². The second-order valence-corrected chi connectivity index (χ2v) is 8.72. The van der Waals surface area contributed by atoms with E-state index in [4.69, 9.17) is 23.6 Å². The molecule has 0 radical (unpaired) electrons. The summed E-state index contributed by atoms with van der Waals surface area (Å²) in [5, 5.41) is 6.37. The molecule has 0 atom stereocenters. The molecular formula is C28H31ClN4O5. The summed E-state index contributed by atoms with van der Waals surface area (Å²) in [5.74, 6) is 1.34. The van der Waals surface area contributed by atoms with Gasteiger partial charge in [0.25, 0.3) is 5.91 Å². The van der Waals surface area contributed by atoms with Crippen LogP contribution in [-0.4, -0.2) is 63.3 Å². The highest BCUT2D eigenvalue weighted by Gasteiger charge is 2.20. The van der Waals surface area contributed by atoms with Gasteiger partial charge in [0.1, 0.15) is 5.52 Å². The Balaban J connectivity index is 0.00000336. The van der Waals surface area contributed by atoms with Crippen molar-refractivity contribution in [3.63, 3.8) is 0 Å². The van der Waals surface area contributed by atoms with Crippen molar-refractivity contribution in [3.8, 4) is 28.7 Å². The van der Waals surface area contributed by atoms with Crippen molar-refractivity contribution in [1.82, 2.24) is 15.2 Å². The third-order valence-electron chi connectivity index (χ3n) is 6.44. The van der Waals surface area contributed by atoms with E-state index in [9.17, 15) is 4.79 Å². The Morgan fingerprint density at radius 2 is 1.71 bits per heavy atom. The molecule has 0 aliphatic carbocycles. The minimum absolute atomic E-state index is 0. The van der Waals surface area contributed by atoms with Gasteiger partial charge >= 0.3 is 0 Å². The van der Waals surface area contributed by atoms with Crippen molar-refractivity contribution in [2.75, 3.05) is 52.8 Å². The highest BCUT2D eigenvalue weighted by atomic mass is 35.5. The fourth-order valence-electron chi connectivity index (χ4n) is 4.54. The number of carbonyl (C=O) groups is 1. The predicted octanol–water partition coefficient (Wildman–Crippen LogP) is 4.60. The predicted molar refractivity (Wildman–Crippen MR) is 149 cm³/mol. The number of carbonyl (C=O) groups excluding carboxylic acids is 1. The van der Waals surface area contributed by atoms with Gasteiger partial charge in [0.2, 0.25) is 11.6 Å². The number of nitrogens with zero attached hydrogens (tertiary/aromatic N) is 2. The van der Waals surface area contributed by atoms with E-state index in [2.05, 4.69) is 21.6 Å². The Bertz CT molecular complexity index is 1390. The Hall–Kier alpha value is -3.79. The maximum absolute atomic E-state index is 13.3. The number of benzene rings is 3. The van der Waals surface area contributed by atoms with Gasteiger partial charge in [0, 0.05) is 38.3 Å². The Labute approximate surface area is 227 Å². The molecule has 1 aliphatic rings. The van der Waals surface area contributed by atoms with Crippen LogP contribution in [0.4, 0.5) is 5.69 Å².